The zero-order valence-electron chi connectivity index (χ0n) is 13.0. The number of nitrogens with one attached hydrogen (secondary N) is 1. The van der Waals surface area contributed by atoms with Gasteiger partial charge in [0.05, 0.1) is 17.5 Å². The Hall–Kier alpha value is -3.13. The summed E-state index contributed by atoms with van der Waals surface area (Å²) in [5.74, 6) is -0.367. The third kappa shape index (κ3) is 4.68. The van der Waals surface area contributed by atoms with Gasteiger partial charge in [0, 0.05) is 0 Å². The predicted octanol–water partition coefficient (Wildman–Crippen LogP) is 3.24. The Morgan fingerprint density at radius 3 is 2.65 bits per heavy atom. The molecule has 1 atom stereocenters. The quantitative estimate of drug-likeness (QED) is 0.680. The molecule has 0 fully saturated rings. The summed E-state index contributed by atoms with van der Waals surface area (Å²) >= 11 is 0. The fourth-order valence-corrected chi connectivity index (χ4v) is 1.81. The van der Waals surface area contributed by atoms with Crippen molar-refractivity contribution in [1.82, 2.24) is 0 Å². The first-order chi connectivity index (χ1) is 11.1. The van der Waals surface area contributed by atoms with E-state index in [1.165, 1.54) is 0 Å². The van der Waals surface area contributed by atoms with Crippen LogP contribution < -0.4 is 5.32 Å². The van der Waals surface area contributed by atoms with Gasteiger partial charge < -0.3 is 10.2 Å². The van der Waals surface area contributed by atoms with Crippen molar-refractivity contribution in [2.75, 3.05) is 5.32 Å². The minimum atomic E-state index is -0.775. The van der Waals surface area contributed by atoms with E-state index in [9.17, 15) is 4.79 Å². The third-order valence-electron chi connectivity index (χ3n) is 3.17. The summed E-state index contributed by atoms with van der Waals surface area (Å²) in [6.07, 6.45) is 0.773. The van der Waals surface area contributed by atoms with Gasteiger partial charge in [-0.05, 0) is 31.5 Å². The topological polar surface area (TPSA) is 74.5 Å². The minimum absolute atomic E-state index is 0.367. The van der Waals surface area contributed by atoms with Gasteiger partial charge in [-0.25, -0.2) is 0 Å². The number of anilines is 1. The lowest BCUT2D eigenvalue weighted by atomic mass is 10.2. The van der Waals surface area contributed by atoms with Crippen LogP contribution >= 0.6 is 0 Å². The van der Waals surface area contributed by atoms with Gasteiger partial charge in [-0.2, -0.15) is 5.26 Å². The number of nitrogens with zero attached hydrogens (tertiary/aromatic N) is 2. The van der Waals surface area contributed by atoms with Crippen LogP contribution in [0.3, 0.4) is 0 Å². The zero-order valence-corrected chi connectivity index (χ0v) is 13.0. The van der Waals surface area contributed by atoms with Crippen molar-refractivity contribution in [1.29, 1.82) is 5.26 Å². The fourth-order valence-electron chi connectivity index (χ4n) is 1.81. The summed E-state index contributed by atoms with van der Waals surface area (Å²) in [7, 11) is 0. The number of hydrogen-bond acceptors (Lipinski definition) is 4. The molecular weight excluding hydrogens is 290 g/mol. The summed E-state index contributed by atoms with van der Waals surface area (Å²) in [4.78, 5) is 17.2. The Morgan fingerprint density at radius 1 is 1.26 bits per heavy atom. The Kier molecular flexibility index (Phi) is 5.48. The van der Waals surface area contributed by atoms with Crippen LogP contribution in [0.2, 0.25) is 0 Å². The molecule has 2 aromatic carbocycles. The van der Waals surface area contributed by atoms with Crippen LogP contribution in [0.1, 0.15) is 23.6 Å². The number of hydrogen-bond donors (Lipinski definition) is 1. The van der Waals surface area contributed by atoms with E-state index >= 15 is 0 Å². The molecule has 1 amide bonds. The van der Waals surface area contributed by atoms with E-state index in [1.54, 1.807) is 37.4 Å². The Labute approximate surface area is 135 Å². The van der Waals surface area contributed by atoms with Gasteiger partial charge >= 0.3 is 0 Å². The lowest BCUT2D eigenvalue weighted by molar-refractivity contribution is -0.126. The number of carbonyl (C=O) groups is 1. The maximum atomic E-state index is 12.0. The minimum Gasteiger partial charge on any atom is -0.383 e. The highest BCUT2D eigenvalue weighted by Gasteiger charge is 2.15. The van der Waals surface area contributed by atoms with Gasteiger partial charge in [0.25, 0.3) is 5.91 Å². The number of aryl methyl sites for hydroxylation is 1. The number of carbonyl (C=O) groups excluding carboxylic acids is 1. The molecule has 0 aliphatic heterocycles. The number of amides is 1. The van der Waals surface area contributed by atoms with Crippen LogP contribution in [-0.2, 0) is 9.63 Å². The molecule has 0 radical (unpaired) electrons. The van der Waals surface area contributed by atoms with E-state index < -0.39 is 6.10 Å². The lowest BCUT2D eigenvalue weighted by Crippen LogP contribution is -2.26. The van der Waals surface area contributed by atoms with Crippen molar-refractivity contribution >= 4 is 17.8 Å². The van der Waals surface area contributed by atoms with Gasteiger partial charge in [0.2, 0.25) is 6.10 Å². The van der Waals surface area contributed by atoms with Crippen molar-refractivity contribution in [2.45, 2.75) is 20.0 Å². The summed E-state index contributed by atoms with van der Waals surface area (Å²) in [5.41, 5.74) is 2.90. The molecule has 0 spiro atoms. The highest BCUT2D eigenvalue weighted by molar-refractivity contribution is 5.95. The largest absolute Gasteiger partial charge is 0.383 e. The maximum Gasteiger partial charge on any atom is 0.268 e. The molecule has 0 aliphatic rings. The molecule has 0 aliphatic carbocycles. The van der Waals surface area contributed by atoms with E-state index in [1.807, 2.05) is 37.3 Å². The van der Waals surface area contributed by atoms with Crippen LogP contribution in [0.25, 0.3) is 0 Å². The van der Waals surface area contributed by atoms with Gasteiger partial charge in [-0.15, -0.1) is 0 Å². The second-order valence-electron chi connectivity index (χ2n) is 5.04. The molecule has 2 rings (SSSR count). The van der Waals surface area contributed by atoms with Crippen LogP contribution in [0, 0.1) is 18.3 Å². The second kappa shape index (κ2) is 7.76. The van der Waals surface area contributed by atoms with Crippen molar-refractivity contribution < 1.29 is 9.63 Å². The number of rotatable bonds is 5. The summed E-state index contributed by atoms with van der Waals surface area (Å²) in [6.45, 7) is 3.60. The summed E-state index contributed by atoms with van der Waals surface area (Å²) < 4.78 is 0. The molecular formula is C18H17N3O2. The van der Waals surface area contributed by atoms with Crippen LogP contribution in [-0.4, -0.2) is 18.2 Å². The normalized spacial score (nSPS) is 11.7. The Morgan fingerprint density at radius 2 is 1.96 bits per heavy atom. The van der Waals surface area contributed by atoms with Crippen molar-refractivity contribution in [3.8, 4) is 6.07 Å². The molecule has 5 heteroatoms. The van der Waals surface area contributed by atoms with Crippen LogP contribution in [0.5, 0.6) is 0 Å². The van der Waals surface area contributed by atoms with Crippen molar-refractivity contribution in [2.24, 2.45) is 5.16 Å². The molecule has 0 heterocycles. The molecule has 0 saturated heterocycles. The van der Waals surface area contributed by atoms with Gasteiger partial charge in [0.15, 0.2) is 0 Å². The zero-order chi connectivity index (χ0) is 16.7. The monoisotopic (exact) mass is 307 g/mol. The second-order valence-corrected chi connectivity index (χ2v) is 5.04. The first-order valence-electron chi connectivity index (χ1n) is 7.16. The number of nitriles is 1. The van der Waals surface area contributed by atoms with E-state index in [-0.39, 0.29) is 5.91 Å². The predicted molar refractivity (Wildman–Crippen MR) is 89.1 cm³/mol. The highest BCUT2D eigenvalue weighted by Crippen LogP contribution is 2.14. The SMILES string of the molecule is Cc1ccc(/C=N\O[C@H](C)C(=O)Nc2ccccc2C#N)cc1. The van der Waals surface area contributed by atoms with E-state index in [0.717, 1.165) is 11.1 Å². The van der Waals surface area contributed by atoms with Crippen LogP contribution in [0.4, 0.5) is 5.69 Å². The summed E-state index contributed by atoms with van der Waals surface area (Å²) in [5, 5.41) is 15.5. The smallest absolute Gasteiger partial charge is 0.268 e. The molecule has 2 aromatic rings. The van der Waals surface area contributed by atoms with Gasteiger partial charge in [-0.3, -0.25) is 4.79 Å². The molecule has 1 N–H and O–H groups in total. The van der Waals surface area contributed by atoms with Crippen LogP contribution in [0.15, 0.2) is 53.7 Å². The number of oxime groups is 1. The maximum absolute atomic E-state index is 12.0. The molecule has 23 heavy (non-hydrogen) atoms. The van der Waals surface area contributed by atoms with E-state index in [0.29, 0.717) is 11.3 Å². The van der Waals surface area contributed by atoms with E-state index in [4.69, 9.17) is 10.1 Å². The first-order valence-corrected chi connectivity index (χ1v) is 7.16. The number of para-hydroxylation sites is 1. The van der Waals surface area contributed by atoms with E-state index in [2.05, 4.69) is 10.5 Å². The summed E-state index contributed by atoms with van der Waals surface area (Å²) in [6, 6.07) is 16.6. The van der Waals surface area contributed by atoms with Gasteiger partial charge in [0.1, 0.15) is 6.07 Å². The molecule has 0 unspecified atom stereocenters. The number of benzene rings is 2. The fraction of sp³-hybridized carbons (Fsp3) is 0.167. The third-order valence-corrected chi connectivity index (χ3v) is 3.17. The molecule has 116 valence electrons. The standard InChI is InChI=1S/C18H17N3O2/c1-13-7-9-15(10-8-13)12-20-23-14(2)18(22)21-17-6-4-3-5-16(17)11-19/h3-10,12,14H,1-2H3,(H,21,22)/b20-12-/t14-/m1/s1. The Bertz CT molecular complexity index is 746. The lowest BCUT2D eigenvalue weighted by Gasteiger charge is -2.11. The first kappa shape index (κ1) is 16.2. The molecule has 0 saturated carbocycles. The van der Waals surface area contributed by atoms with Crippen molar-refractivity contribution in [3.63, 3.8) is 0 Å². The molecule has 0 bridgehead atoms. The average molecular weight is 307 g/mol. The molecule has 0 aromatic heterocycles. The van der Waals surface area contributed by atoms with Gasteiger partial charge in [-0.1, -0.05) is 47.1 Å². The Balaban J connectivity index is 1.92. The highest BCUT2D eigenvalue weighted by atomic mass is 16.6. The average Bonchev–Trinajstić information content (AvgIpc) is 2.57. The molecule has 5 nitrogen and oxygen atoms in total. The van der Waals surface area contributed by atoms with Crippen molar-refractivity contribution in [3.05, 3.63) is 65.2 Å².